The second kappa shape index (κ2) is 5.64. The molecule has 3 heteroatoms. The molecule has 2 aromatic rings. The van der Waals surface area contributed by atoms with E-state index in [0.29, 0.717) is 0 Å². The minimum Gasteiger partial charge on any atom is -0.330 e. The van der Waals surface area contributed by atoms with Crippen molar-refractivity contribution in [1.29, 1.82) is 0 Å². The van der Waals surface area contributed by atoms with Crippen LogP contribution >= 0.6 is 0 Å². The first-order valence-corrected chi connectivity index (χ1v) is 6.10. The Kier molecular flexibility index (Phi) is 3.94. The Morgan fingerprint density at radius 3 is 2.88 bits per heavy atom. The summed E-state index contributed by atoms with van der Waals surface area (Å²) in [6.45, 7) is 2.83. The molecule has 0 aliphatic carbocycles. The highest BCUT2D eigenvalue weighted by atomic mass is 15.3. The second-order valence-electron chi connectivity index (χ2n) is 4.38. The SMILES string of the molecule is Cc1cnn(-c2cccc(CCCCN)c2)c1. The van der Waals surface area contributed by atoms with Gasteiger partial charge in [-0.1, -0.05) is 12.1 Å². The molecule has 1 aromatic heterocycles. The van der Waals surface area contributed by atoms with Crippen molar-refractivity contribution < 1.29 is 0 Å². The fraction of sp³-hybridized carbons (Fsp3) is 0.357. The predicted octanol–water partition coefficient (Wildman–Crippen LogP) is 2.46. The fourth-order valence-corrected chi connectivity index (χ4v) is 1.88. The van der Waals surface area contributed by atoms with E-state index in [0.717, 1.165) is 31.5 Å². The number of unbranched alkanes of at least 4 members (excludes halogenated alkanes) is 1. The number of rotatable bonds is 5. The molecule has 90 valence electrons. The monoisotopic (exact) mass is 229 g/mol. The summed E-state index contributed by atoms with van der Waals surface area (Å²) >= 11 is 0. The third-order valence-corrected chi connectivity index (χ3v) is 2.81. The van der Waals surface area contributed by atoms with Crippen molar-refractivity contribution >= 4 is 0 Å². The normalized spacial score (nSPS) is 10.7. The van der Waals surface area contributed by atoms with Crippen LogP contribution in [-0.4, -0.2) is 16.3 Å². The molecule has 0 spiro atoms. The first kappa shape index (κ1) is 11.9. The molecule has 0 radical (unpaired) electrons. The van der Waals surface area contributed by atoms with Gasteiger partial charge in [-0.05, 0) is 56.0 Å². The molecule has 0 bridgehead atoms. The lowest BCUT2D eigenvalue weighted by atomic mass is 10.1. The minimum absolute atomic E-state index is 0.776. The van der Waals surface area contributed by atoms with Crippen LogP contribution in [0.5, 0.6) is 0 Å². The van der Waals surface area contributed by atoms with Crippen LogP contribution in [-0.2, 0) is 6.42 Å². The van der Waals surface area contributed by atoms with Gasteiger partial charge >= 0.3 is 0 Å². The Morgan fingerprint density at radius 1 is 1.29 bits per heavy atom. The number of nitrogens with zero attached hydrogens (tertiary/aromatic N) is 2. The highest BCUT2D eigenvalue weighted by Crippen LogP contribution is 2.12. The largest absolute Gasteiger partial charge is 0.330 e. The predicted molar refractivity (Wildman–Crippen MR) is 70.3 cm³/mol. The zero-order chi connectivity index (χ0) is 12.1. The van der Waals surface area contributed by atoms with Crippen molar-refractivity contribution in [2.75, 3.05) is 6.54 Å². The van der Waals surface area contributed by atoms with Gasteiger partial charge < -0.3 is 5.73 Å². The third kappa shape index (κ3) is 3.17. The van der Waals surface area contributed by atoms with Crippen molar-refractivity contribution in [1.82, 2.24) is 9.78 Å². The molecule has 2 rings (SSSR count). The van der Waals surface area contributed by atoms with E-state index in [1.54, 1.807) is 0 Å². The van der Waals surface area contributed by atoms with Crippen LogP contribution in [0, 0.1) is 6.92 Å². The lowest BCUT2D eigenvalue weighted by Gasteiger charge is -2.05. The molecule has 17 heavy (non-hydrogen) atoms. The number of hydrogen-bond acceptors (Lipinski definition) is 2. The number of benzene rings is 1. The standard InChI is InChI=1S/C14H19N3/c1-12-10-16-17(11-12)14-7-4-6-13(9-14)5-2-3-8-15/h4,6-7,9-11H,2-3,5,8,15H2,1H3. The summed E-state index contributed by atoms with van der Waals surface area (Å²) in [5.74, 6) is 0. The van der Waals surface area contributed by atoms with Gasteiger partial charge in [0.15, 0.2) is 0 Å². The molecule has 0 aliphatic heterocycles. The van der Waals surface area contributed by atoms with E-state index in [9.17, 15) is 0 Å². The molecule has 0 saturated carbocycles. The molecule has 0 aliphatic rings. The van der Waals surface area contributed by atoms with Crippen LogP contribution < -0.4 is 5.73 Å². The molecule has 0 fully saturated rings. The molecule has 0 amide bonds. The van der Waals surface area contributed by atoms with Gasteiger partial charge in [0.25, 0.3) is 0 Å². The molecule has 0 atom stereocenters. The lowest BCUT2D eigenvalue weighted by molar-refractivity contribution is 0.743. The zero-order valence-corrected chi connectivity index (χ0v) is 10.3. The number of aromatic nitrogens is 2. The first-order valence-electron chi connectivity index (χ1n) is 6.10. The molecule has 0 unspecified atom stereocenters. The molecule has 1 aromatic carbocycles. The van der Waals surface area contributed by atoms with Crippen molar-refractivity contribution in [3.63, 3.8) is 0 Å². The lowest BCUT2D eigenvalue weighted by Crippen LogP contribution is -2.00. The van der Waals surface area contributed by atoms with Crippen LogP contribution in [0.3, 0.4) is 0 Å². The topological polar surface area (TPSA) is 43.8 Å². The van der Waals surface area contributed by atoms with Crippen LogP contribution in [0.25, 0.3) is 5.69 Å². The maximum atomic E-state index is 5.50. The quantitative estimate of drug-likeness (QED) is 0.800. The van der Waals surface area contributed by atoms with Crippen molar-refractivity contribution in [2.45, 2.75) is 26.2 Å². The van der Waals surface area contributed by atoms with Gasteiger partial charge in [-0.15, -0.1) is 0 Å². The Morgan fingerprint density at radius 2 is 2.18 bits per heavy atom. The van der Waals surface area contributed by atoms with Crippen molar-refractivity contribution in [3.8, 4) is 5.69 Å². The van der Waals surface area contributed by atoms with E-state index < -0.39 is 0 Å². The van der Waals surface area contributed by atoms with Crippen molar-refractivity contribution in [2.24, 2.45) is 5.73 Å². The molecule has 1 heterocycles. The number of nitrogens with two attached hydrogens (primary N) is 1. The van der Waals surface area contributed by atoms with Crippen LogP contribution in [0.4, 0.5) is 0 Å². The van der Waals surface area contributed by atoms with E-state index in [4.69, 9.17) is 5.73 Å². The van der Waals surface area contributed by atoms with Gasteiger partial charge in [0.1, 0.15) is 0 Å². The van der Waals surface area contributed by atoms with Gasteiger partial charge in [0.05, 0.1) is 11.9 Å². The maximum Gasteiger partial charge on any atom is 0.0648 e. The average Bonchev–Trinajstić information content (AvgIpc) is 2.77. The summed E-state index contributed by atoms with van der Waals surface area (Å²) in [5, 5.41) is 4.32. The summed E-state index contributed by atoms with van der Waals surface area (Å²) in [6, 6.07) is 8.53. The fourth-order valence-electron chi connectivity index (χ4n) is 1.88. The Bertz CT molecular complexity index is 474. The minimum atomic E-state index is 0.776. The smallest absolute Gasteiger partial charge is 0.0648 e. The highest BCUT2D eigenvalue weighted by Gasteiger charge is 2.00. The molecule has 3 nitrogen and oxygen atoms in total. The van der Waals surface area contributed by atoms with E-state index in [1.807, 2.05) is 17.1 Å². The number of hydrogen-bond donors (Lipinski definition) is 1. The van der Waals surface area contributed by atoms with Gasteiger partial charge in [-0.3, -0.25) is 0 Å². The second-order valence-corrected chi connectivity index (χ2v) is 4.38. The molecular formula is C14H19N3. The first-order chi connectivity index (χ1) is 8.29. The van der Waals surface area contributed by atoms with Crippen LogP contribution in [0.15, 0.2) is 36.7 Å². The van der Waals surface area contributed by atoms with E-state index in [1.165, 1.54) is 11.1 Å². The highest BCUT2D eigenvalue weighted by molar-refractivity contribution is 5.35. The number of aryl methyl sites for hydroxylation is 2. The van der Waals surface area contributed by atoms with Crippen LogP contribution in [0.2, 0.25) is 0 Å². The summed E-state index contributed by atoms with van der Waals surface area (Å²) in [6.07, 6.45) is 7.24. The Hall–Kier alpha value is -1.61. The van der Waals surface area contributed by atoms with Gasteiger partial charge in [0, 0.05) is 6.20 Å². The van der Waals surface area contributed by atoms with Gasteiger partial charge in [-0.2, -0.15) is 5.10 Å². The Labute approximate surface area is 102 Å². The summed E-state index contributed by atoms with van der Waals surface area (Å²) in [5.41, 5.74) is 9.16. The van der Waals surface area contributed by atoms with E-state index >= 15 is 0 Å². The zero-order valence-electron chi connectivity index (χ0n) is 10.3. The van der Waals surface area contributed by atoms with Gasteiger partial charge in [0.2, 0.25) is 0 Å². The summed E-state index contributed by atoms with van der Waals surface area (Å²) in [4.78, 5) is 0. The third-order valence-electron chi connectivity index (χ3n) is 2.81. The summed E-state index contributed by atoms with van der Waals surface area (Å²) < 4.78 is 1.92. The van der Waals surface area contributed by atoms with Crippen LogP contribution in [0.1, 0.15) is 24.0 Å². The van der Waals surface area contributed by atoms with E-state index in [2.05, 4.69) is 36.3 Å². The van der Waals surface area contributed by atoms with E-state index in [-0.39, 0.29) is 0 Å². The summed E-state index contributed by atoms with van der Waals surface area (Å²) in [7, 11) is 0. The van der Waals surface area contributed by atoms with Crippen molar-refractivity contribution in [3.05, 3.63) is 47.8 Å². The molecular weight excluding hydrogens is 210 g/mol. The maximum absolute atomic E-state index is 5.50. The molecule has 2 N–H and O–H groups in total. The Balaban J connectivity index is 2.11. The molecule has 0 saturated heterocycles. The average molecular weight is 229 g/mol. The van der Waals surface area contributed by atoms with Gasteiger partial charge in [-0.25, -0.2) is 4.68 Å².